The van der Waals surface area contributed by atoms with Gasteiger partial charge in [0, 0.05) is 56.0 Å². The van der Waals surface area contributed by atoms with E-state index in [1.54, 1.807) is 11.0 Å². The first-order chi connectivity index (χ1) is 19.2. The first kappa shape index (κ1) is 27.4. The Balaban J connectivity index is 1.47. The molecule has 0 bridgehead atoms. The Bertz CT molecular complexity index is 1490. The predicted molar refractivity (Wildman–Crippen MR) is 149 cm³/mol. The molecule has 3 atom stereocenters. The molecule has 0 spiro atoms. The van der Waals surface area contributed by atoms with E-state index in [0.29, 0.717) is 36.8 Å². The van der Waals surface area contributed by atoms with Crippen molar-refractivity contribution in [3.8, 4) is 11.1 Å². The van der Waals surface area contributed by atoms with E-state index in [4.69, 9.17) is 11.6 Å². The molecule has 208 valence electrons. The number of rotatable bonds is 6. The molecule has 0 saturated carbocycles. The molecule has 3 aromatic rings. The van der Waals surface area contributed by atoms with Crippen molar-refractivity contribution in [2.45, 2.75) is 25.3 Å². The number of nitrogens with zero attached hydrogens (tertiary/aromatic N) is 4. The number of likely N-dealkylation sites (tertiary alicyclic amines) is 2. The summed E-state index contributed by atoms with van der Waals surface area (Å²) < 4.78 is 1.38. The highest BCUT2D eigenvalue weighted by Gasteiger charge is 2.40. The van der Waals surface area contributed by atoms with Crippen LogP contribution in [0.4, 0.5) is 10.5 Å². The highest BCUT2D eigenvalue weighted by molar-refractivity contribution is 6.31. The van der Waals surface area contributed by atoms with Gasteiger partial charge in [0.15, 0.2) is 0 Å². The van der Waals surface area contributed by atoms with Crippen molar-refractivity contribution in [2.75, 3.05) is 26.2 Å². The maximum Gasteiger partial charge on any atom is 0.407 e. The molecule has 2 amide bonds. The van der Waals surface area contributed by atoms with Gasteiger partial charge in [-0.1, -0.05) is 41.9 Å². The topological polar surface area (TPSA) is 126 Å². The van der Waals surface area contributed by atoms with Crippen LogP contribution in [0, 0.1) is 22.0 Å². The summed E-state index contributed by atoms with van der Waals surface area (Å²) >= 11 is 6.09. The summed E-state index contributed by atoms with van der Waals surface area (Å²) in [5.41, 5.74) is 0.790. The molecular formula is C29H29ClN4O6. The number of aromatic nitrogens is 1. The van der Waals surface area contributed by atoms with Crippen molar-refractivity contribution in [1.82, 2.24) is 14.4 Å². The number of hydrogen-bond acceptors (Lipinski definition) is 5. The van der Waals surface area contributed by atoms with E-state index in [2.05, 4.69) is 0 Å². The quantitative estimate of drug-likeness (QED) is 0.341. The molecule has 10 nitrogen and oxygen atoms in total. The zero-order chi connectivity index (χ0) is 28.4. The lowest BCUT2D eigenvalue weighted by Crippen LogP contribution is -2.41. The number of amides is 2. The minimum Gasteiger partial charge on any atom is -0.465 e. The molecule has 40 heavy (non-hydrogen) atoms. The summed E-state index contributed by atoms with van der Waals surface area (Å²) in [5.74, 6) is 0.0398. The summed E-state index contributed by atoms with van der Waals surface area (Å²) in [4.78, 5) is 53.3. The zero-order valence-corrected chi connectivity index (χ0v) is 22.4. The molecule has 3 unspecified atom stereocenters. The van der Waals surface area contributed by atoms with Crippen molar-refractivity contribution in [1.29, 1.82) is 0 Å². The van der Waals surface area contributed by atoms with Gasteiger partial charge in [-0.15, -0.1) is 0 Å². The van der Waals surface area contributed by atoms with Gasteiger partial charge in [-0.05, 0) is 54.0 Å². The van der Waals surface area contributed by atoms with Gasteiger partial charge < -0.3 is 19.5 Å². The van der Waals surface area contributed by atoms with E-state index in [0.717, 1.165) is 18.4 Å². The van der Waals surface area contributed by atoms with Crippen LogP contribution in [0.25, 0.3) is 11.1 Å². The molecular weight excluding hydrogens is 536 g/mol. The van der Waals surface area contributed by atoms with Crippen molar-refractivity contribution in [3.63, 3.8) is 0 Å². The maximum absolute atomic E-state index is 14.0. The minimum atomic E-state index is -0.945. The fourth-order valence-electron chi connectivity index (χ4n) is 5.91. The summed E-state index contributed by atoms with van der Waals surface area (Å²) in [6.45, 7) is 1.84. The summed E-state index contributed by atoms with van der Waals surface area (Å²) in [7, 11) is 0. The van der Waals surface area contributed by atoms with Gasteiger partial charge in [0.25, 0.3) is 11.2 Å². The minimum absolute atomic E-state index is 0.0439. The van der Waals surface area contributed by atoms with Crippen molar-refractivity contribution in [2.24, 2.45) is 11.8 Å². The van der Waals surface area contributed by atoms with E-state index in [9.17, 15) is 29.6 Å². The third-order valence-electron chi connectivity index (χ3n) is 7.92. The normalized spacial score (nSPS) is 19.5. The van der Waals surface area contributed by atoms with Gasteiger partial charge in [0.2, 0.25) is 5.91 Å². The monoisotopic (exact) mass is 564 g/mol. The summed E-state index contributed by atoms with van der Waals surface area (Å²) in [5, 5.41) is 21.4. The van der Waals surface area contributed by atoms with Crippen LogP contribution in [0.3, 0.4) is 0 Å². The maximum atomic E-state index is 14.0. The van der Waals surface area contributed by atoms with Crippen molar-refractivity contribution < 1.29 is 19.6 Å². The first-order valence-electron chi connectivity index (χ1n) is 13.2. The number of benzene rings is 2. The molecule has 2 aliphatic heterocycles. The smallest absolute Gasteiger partial charge is 0.407 e. The Kier molecular flexibility index (Phi) is 7.88. The molecule has 0 aliphatic carbocycles. The average Bonchev–Trinajstić information content (AvgIpc) is 3.22. The Hall–Kier alpha value is -4.18. The second-order valence-corrected chi connectivity index (χ2v) is 10.9. The van der Waals surface area contributed by atoms with E-state index in [-0.39, 0.29) is 35.4 Å². The Morgan fingerprint density at radius 1 is 1.02 bits per heavy atom. The van der Waals surface area contributed by atoms with Crippen LogP contribution >= 0.6 is 11.6 Å². The van der Waals surface area contributed by atoms with E-state index < -0.39 is 22.6 Å². The standard InChI is InChI=1S/C29H29ClN4O6/c30-23-8-9-25(34(39)40)24(15-23)20-10-12-33(27(35)14-20)26(13-19-5-2-1-3-6-19)28(36)32-16-21-7-4-11-31(29(37)38)17-22(21)18-32/h1-3,5-6,8-10,12,14-15,21-22,26H,4,7,11,13,16-18H2,(H,37,38). The molecule has 0 radical (unpaired) electrons. The number of carbonyl (C=O) groups excluding carboxylic acids is 1. The third-order valence-corrected chi connectivity index (χ3v) is 8.16. The van der Waals surface area contributed by atoms with Crippen LogP contribution in [0.5, 0.6) is 0 Å². The highest BCUT2D eigenvalue weighted by atomic mass is 35.5. The van der Waals surface area contributed by atoms with Crippen molar-refractivity contribution >= 4 is 29.3 Å². The Labute approximate surface area is 235 Å². The number of pyridine rings is 1. The first-order valence-corrected chi connectivity index (χ1v) is 13.6. The van der Waals surface area contributed by atoms with Gasteiger partial charge in [0.1, 0.15) is 6.04 Å². The van der Waals surface area contributed by atoms with Crippen LogP contribution in [-0.4, -0.2) is 62.6 Å². The molecule has 2 saturated heterocycles. The Morgan fingerprint density at radius 3 is 2.45 bits per heavy atom. The number of carboxylic acid groups (broad SMARTS) is 1. The van der Waals surface area contributed by atoms with Gasteiger partial charge in [-0.25, -0.2) is 4.79 Å². The molecule has 11 heteroatoms. The van der Waals surface area contributed by atoms with Gasteiger partial charge in [-0.2, -0.15) is 0 Å². The van der Waals surface area contributed by atoms with Crippen LogP contribution in [0.15, 0.2) is 71.7 Å². The largest absolute Gasteiger partial charge is 0.465 e. The second-order valence-electron chi connectivity index (χ2n) is 10.4. The zero-order valence-electron chi connectivity index (χ0n) is 21.7. The number of halogens is 1. The second kappa shape index (κ2) is 11.5. The molecule has 3 heterocycles. The molecule has 1 aromatic heterocycles. The van der Waals surface area contributed by atoms with Gasteiger partial charge >= 0.3 is 6.09 Å². The Morgan fingerprint density at radius 2 is 1.75 bits per heavy atom. The van der Waals surface area contributed by atoms with Crippen LogP contribution in [0.1, 0.15) is 24.4 Å². The number of fused-ring (bicyclic) bond motifs is 1. The van der Waals surface area contributed by atoms with E-state index in [1.807, 2.05) is 30.3 Å². The van der Waals surface area contributed by atoms with Crippen LogP contribution < -0.4 is 5.56 Å². The number of nitro groups is 1. The third kappa shape index (κ3) is 5.72. The molecule has 2 aliphatic rings. The van der Waals surface area contributed by atoms with Gasteiger partial charge in [0.05, 0.1) is 10.5 Å². The number of nitro benzene ring substituents is 1. The van der Waals surface area contributed by atoms with E-state index >= 15 is 0 Å². The molecule has 1 N–H and O–H groups in total. The highest BCUT2D eigenvalue weighted by Crippen LogP contribution is 2.34. The number of hydrogen-bond donors (Lipinski definition) is 1. The molecule has 2 aromatic carbocycles. The lowest BCUT2D eigenvalue weighted by Gasteiger charge is -2.26. The fourth-order valence-corrected chi connectivity index (χ4v) is 6.08. The van der Waals surface area contributed by atoms with E-state index in [1.165, 1.54) is 39.9 Å². The number of carbonyl (C=O) groups is 2. The lowest BCUT2D eigenvalue weighted by molar-refractivity contribution is -0.384. The lowest BCUT2D eigenvalue weighted by atomic mass is 9.93. The SMILES string of the molecule is O=C(O)N1CCCC2CN(C(=O)C(Cc3ccccc3)n3ccc(-c4cc(Cl)ccc4[N+](=O)[O-])cc3=O)CC2C1. The fraction of sp³-hybridized carbons (Fsp3) is 0.345. The average molecular weight is 565 g/mol. The van der Waals surface area contributed by atoms with Crippen LogP contribution in [-0.2, 0) is 11.2 Å². The van der Waals surface area contributed by atoms with Crippen molar-refractivity contribution in [3.05, 3.63) is 97.9 Å². The summed E-state index contributed by atoms with van der Waals surface area (Å²) in [6, 6.07) is 15.6. The van der Waals surface area contributed by atoms with Crippen LogP contribution in [0.2, 0.25) is 5.02 Å². The molecule has 5 rings (SSSR count). The predicted octanol–water partition coefficient (Wildman–Crippen LogP) is 4.71. The van der Waals surface area contributed by atoms with Gasteiger partial charge in [-0.3, -0.25) is 19.7 Å². The summed E-state index contributed by atoms with van der Waals surface area (Å²) in [6.07, 6.45) is 2.44. The molecule has 2 fully saturated rings.